The van der Waals surface area contributed by atoms with Gasteiger partial charge in [-0.05, 0) is 55.7 Å². The highest BCUT2D eigenvalue weighted by molar-refractivity contribution is 5.37. The van der Waals surface area contributed by atoms with Crippen LogP contribution in [-0.4, -0.2) is 19.2 Å². The molecule has 0 radical (unpaired) electrons. The average molecular weight is 245 g/mol. The van der Waals surface area contributed by atoms with E-state index in [0.29, 0.717) is 12.0 Å². The molecule has 0 spiro atoms. The number of fused-ring (bicyclic) bond motifs is 1. The number of para-hydroxylation sites is 1. The van der Waals surface area contributed by atoms with Crippen molar-refractivity contribution in [2.45, 2.75) is 44.6 Å². The lowest BCUT2D eigenvalue weighted by atomic mass is 9.81. The van der Waals surface area contributed by atoms with Crippen molar-refractivity contribution in [1.29, 1.82) is 0 Å². The van der Waals surface area contributed by atoms with Gasteiger partial charge in [0.25, 0.3) is 0 Å². The van der Waals surface area contributed by atoms with E-state index in [1.54, 1.807) is 0 Å². The van der Waals surface area contributed by atoms with E-state index in [2.05, 4.69) is 36.5 Å². The molecule has 1 aromatic rings. The SMILES string of the molecule is CC1CCCNC1CC1CCOc2ccccc21. The largest absolute Gasteiger partial charge is 0.493 e. The van der Waals surface area contributed by atoms with E-state index < -0.39 is 0 Å². The van der Waals surface area contributed by atoms with Crippen molar-refractivity contribution >= 4 is 0 Å². The van der Waals surface area contributed by atoms with Gasteiger partial charge in [-0.15, -0.1) is 0 Å². The van der Waals surface area contributed by atoms with E-state index >= 15 is 0 Å². The van der Waals surface area contributed by atoms with E-state index in [4.69, 9.17) is 4.74 Å². The molecule has 3 unspecified atom stereocenters. The number of nitrogens with one attached hydrogen (secondary N) is 1. The predicted octanol–water partition coefficient (Wildman–Crippen LogP) is 3.33. The molecule has 1 aromatic carbocycles. The monoisotopic (exact) mass is 245 g/mol. The van der Waals surface area contributed by atoms with Crippen molar-refractivity contribution in [2.75, 3.05) is 13.2 Å². The minimum atomic E-state index is 0.674. The predicted molar refractivity (Wildman–Crippen MR) is 74.1 cm³/mol. The topological polar surface area (TPSA) is 21.3 Å². The van der Waals surface area contributed by atoms with Gasteiger partial charge in [-0.2, -0.15) is 0 Å². The van der Waals surface area contributed by atoms with Gasteiger partial charge >= 0.3 is 0 Å². The standard InChI is InChI=1S/C16H23NO/c1-12-5-4-9-17-15(12)11-13-8-10-18-16-7-3-2-6-14(13)16/h2-3,6-7,12-13,15,17H,4-5,8-11H2,1H3. The molecule has 0 aliphatic carbocycles. The third-order valence-corrected chi connectivity index (χ3v) is 4.55. The zero-order valence-corrected chi connectivity index (χ0v) is 11.2. The second-order valence-corrected chi connectivity index (χ2v) is 5.79. The second-order valence-electron chi connectivity index (χ2n) is 5.79. The fourth-order valence-electron chi connectivity index (χ4n) is 3.40. The summed E-state index contributed by atoms with van der Waals surface area (Å²) in [5.41, 5.74) is 1.42. The molecule has 1 fully saturated rings. The third kappa shape index (κ3) is 2.39. The van der Waals surface area contributed by atoms with Crippen LogP contribution < -0.4 is 10.1 Å². The molecule has 3 atom stereocenters. The lowest BCUT2D eigenvalue weighted by molar-refractivity contribution is 0.227. The first-order chi connectivity index (χ1) is 8.84. The Morgan fingerprint density at radius 1 is 1.28 bits per heavy atom. The zero-order chi connectivity index (χ0) is 12.4. The van der Waals surface area contributed by atoms with Gasteiger partial charge in [0.2, 0.25) is 0 Å². The van der Waals surface area contributed by atoms with Crippen LogP contribution in [0.1, 0.15) is 44.1 Å². The van der Waals surface area contributed by atoms with Crippen LogP contribution in [0.2, 0.25) is 0 Å². The molecule has 0 aromatic heterocycles. The Labute approximate surface area is 110 Å². The first-order valence-corrected chi connectivity index (χ1v) is 7.29. The quantitative estimate of drug-likeness (QED) is 0.863. The van der Waals surface area contributed by atoms with Crippen LogP contribution in [0, 0.1) is 5.92 Å². The lowest BCUT2D eigenvalue weighted by Crippen LogP contribution is -2.41. The summed E-state index contributed by atoms with van der Waals surface area (Å²) < 4.78 is 5.75. The first-order valence-electron chi connectivity index (χ1n) is 7.29. The molecular weight excluding hydrogens is 222 g/mol. The Balaban J connectivity index is 1.73. The lowest BCUT2D eigenvalue weighted by Gasteiger charge is -2.35. The number of benzene rings is 1. The van der Waals surface area contributed by atoms with Crippen molar-refractivity contribution in [3.8, 4) is 5.75 Å². The maximum atomic E-state index is 5.75. The number of rotatable bonds is 2. The van der Waals surface area contributed by atoms with Gasteiger partial charge in [0.15, 0.2) is 0 Å². The smallest absolute Gasteiger partial charge is 0.122 e. The molecule has 98 valence electrons. The highest BCUT2D eigenvalue weighted by Gasteiger charge is 2.28. The summed E-state index contributed by atoms with van der Waals surface area (Å²) in [6, 6.07) is 9.25. The van der Waals surface area contributed by atoms with Gasteiger partial charge in [0.1, 0.15) is 5.75 Å². The Morgan fingerprint density at radius 2 is 2.17 bits per heavy atom. The van der Waals surface area contributed by atoms with Crippen molar-refractivity contribution in [3.63, 3.8) is 0 Å². The summed E-state index contributed by atoms with van der Waals surface area (Å²) in [6.45, 7) is 4.46. The first kappa shape index (κ1) is 12.0. The summed E-state index contributed by atoms with van der Waals surface area (Å²) in [7, 11) is 0. The molecule has 2 heterocycles. The minimum Gasteiger partial charge on any atom is -0.493 e. The molecule has 2 heteroatoms. The van der Waals surface area contributed by atoms with E-state index in [9.17, 15) is 0 Å². The number of hydrogen-bond acceptors (Lipinski definition) is 2. The molecule has 0 bridgehead atoms. The van der Waals surface area contributed by atoms with Crippen LogP contribution in [-0.2, 0) is 0 Å². The van der Waals surface area contributed by atoms with Crippen LogP contribution in [0.5, 0.6) is 5.75 Å². The molecule has 2 aliphatic rings. The second kappa shape index (κ2) is 5.31. The van der Waals surface area contributed by atoms with Crippen LogP contribution in [0.25, 0.3) is 0 Å². The van der Waals surface area contributed by atoms with Crippen LogP contribution >= 0.6 is 0 Å². The Bertz CT molecular complexity index is 404. The highest BCUT2D eigenvalue weighted by Crippen LogP contribution is 2.37. The number of ether oxygens (including phenoxy) is 1. The molecule has 18 heavy (non-hydrogen) atoms. The van der Waals surface area contributed by atoms with Gasteiger partial charge in [-0.1, -0.05) is 25.1 Å². The number of piperidine rings is 1. The Hall–Kier alpha value is -1.02. The highest BCUT2D eigenvalue weighted by atomic mass is 16.5. The maximum absolute atomic E-state index is 5.75. The van der Waals surface area contributed by atoms with Crippen molar-refractivity contribution in [3.05, 3.63) is 29.8 Å². The van der Waals surface area contributed by atoms with Crippen molar-refractivity contribution in [1.82, 2.24) is 5.32 Å². The molecule has 2 aliphatic heterocycles. The molecule has 1 N–H and O–H groups in total. The molecular formula is C16H23NO. The zero-order valence-electron chi connectivity index (χ0n) is 11.2. The summed E-state index contributed by atoms with van der Waals surface area (Å²) in [5, 5.41) is 3.71. The average Bonchev–Trinajstić information content (AvgIpc) is 2.42. The van der Waals surface area contributed by atoms with Crippen LogP contribution in [0.4, 0.5) is 0 Å². The third-order valence-electron chi connectivity index (χ3n) is 4.55. The molecule has 3 rings (SSSR count). The summed E-state index contributed by atoms with van der Waals surface area (Å²) in [5.74, 6) is 2.60. The summed E-state index contributed by atoms with van der Waals surface area (Å²) >= 11 is 0. The van der Waals surface area contributed by atoms with E-state index in [1.807, 2.05) is 0 Å². The Kier molecular flexibility index (Phi) is 3.55. The molecule has 2 nitrogen and oxygen atoms in total. The van der Waals surface area contributed by atoms with Crippen molar-refractivity contribution < 1.29 is 4.74 Å². The normalized spacial score (nSPS) is 31.5. The van der Waals surface area contributed by atoms with E-state index in [-0.39, 0.29) is 0 Å². The van der Waals surface area contributed by atoms with E-state index in [0.717, 1.165) is 18.3 Å². The van der Waals surface area contributed by atoms with Gasteiger partial charge in [0.05, 0.1) is 6.61 Å². The van der Waals surface area contributed by atoms with Gasteiger partial charge < -0.3 is 10.1 Å². The van der Waals surface area contributed by atoms with Crippen LogP contribution in [0.3, 0.4) is 0 Å². The van der Waals surface area contributed by atoms with Gasteiger partial charge in [-0.3, -0.25) is 0 Å². The fourth-order valence-corrected chi connectivity index (χ4v) is 3.40. The van der Waals surface area contributed by atoms with E-state index in [1.165, 1.54) is 37.8 Å². The number of hydrogen-bond donors (Lipinski definition) is 1. The maximum Gasteiger partial charge on any atom is 0.122 e. The minimum absolute atomic E-state index is 0.674. The summed E-state index contributed by atoms with van der Waals surface area (Å²) in [6.07, 6.45) is 5.15. The van der Waals surface area contributed by atoms with Crippen LogP contribution in [0.15, 0.2) is 24.3 Å². The molecule has 0 amide bonds. The molecule has 0 saturated carbocycles. The van der Waals surface area contributed by atoms with Gasteiger partial charge in [0, 0.05) is 6.04 Å². The summed E-state index contributed by atoms with van der Waals surface area (Å²) in [4.78, 5) is 0. The fraction of sp³-hybridized carbons (Fsp3) is 0.625. The van der Waals surface area contributed by atoms with Crippen molar-refractivity contribution in [2.24, 2.45) is 5.92 Å². The van der Waals surface area contributed by atoms with Gasteiger partial charge in [-0.25, -0.2) is 0 Å². The molecule has 1 saturated heterocycles. The Morgan fingerprint density at radius 3 is 3.06 bits per heavy atom.